The molecule has 9 rings (SSSR count). The van der Waals surface area contributed by atoms with Crippen LogP contribution in [-0.4, -0.2) is 48.1 Å². The molecule has 254 valence electrons. The lowest BCUT2D eigenvalue weighted by Crippen LogP contribution is -2.37. The first kappa shape index (κ1) is 31.3. The number of aromatic nitrogens is 3. The second-order valence-electron chi connectivity index (χ2n) is 12.4. The zero-order chi connectivity index (χ0) is 36.1. The van der Waals surface area contributed by atoms with Crippen LogP contribution < -0.4 is 4.90 Å². The Balaban J connectivity index is 1.18. The number of hydrogen-bond acceptors (Lipinski definition) is 10. The second-order valence-corrected chi connectivity index (χ2v) is 12.4. The Morgan fingerprint density at radius 1 is 0.623 bits per heavy atom. The standard InChI is InChI=1S/C42H28N8O3/c43-38-28(25-9-2-1-3-10-25)21-23-36(41(38)46-52)50(35-16-8-13-32(45-51)39(35)44)37-24-22-29(40-42(37)48-53-47-40)26-17-19-27(20-18-26)49-33-14-6-4-11-30(33)31-12-5-7-15-34(31)49/h1-24,43-44,51-52H/b43-38?,44-39?,45-32-,46-41-. The van der Waals surface area contributed by atoms with E-state index in [1.165, 1.54) is 16.8 Å². The van der Waals surface area contributed by atoms with Crippen molar-refractivity contribution in [3.8, 4) is 16.8 Å². The van der Waals surface area contributed by atoms with Crippen LogP contribution in [0.15, 0.2) is 172 Å². The summed E-state index contributed by atoms with van der Waals surface area (Å²) < 4.78 is 7.61. The molecular weight excluding hydrogens is 665 g/mol. The van der Waals surface area contributed by atoms with Gasteiger partial charge in [0.1, 0.15) is 16.9 Å². The quantitative estimate of drug-likeness (QED) is 0.0773. The first-order valence-corrected chi connectivity index (χ1v) is 16.7. The van der Waals surface area contributed by atoms with Crippen LogP contribution >= 0.6 is 0 Å². The van der Waals surface area contributed by atoms with Crippen molar-refractivity contribution in [1.29, 1.82) is 10.8 Å². The summed E-state index contributed by atoms with van der Waals surface area (Å²) in [5.74, 6) is 0. The van der Waals surface area contributed by atoms with Crippen molar-refractivity contribution in [3.63, 3.8) is 0 Å². The molecule has 0 spiro atoms. The van der Waals surface area contributed by atoms with Crippen molar-refractivity contribution in [1.82, 2.24) is 14.9 Å². The molecule has 0 radical (unpaired) electrons. The third-order valence-corrected chi connectivity index (χ3v) is 9.60. The van der Waals surface area contributed by atoms with E-state index < -0.39 is 0 Å². The van der Waals surface area contributed by atoms with Gasteiger partial charge in [-0.3, -0.25) is 10.8 Å². The van der Waals surface area contributed by atoms with E-state index in [9.17, 15) is 10.4 Å². The molecule has 0 bridgehead atoms. The third kappa shape index (κ3) is 4.98. The molecule has 2 aromatic heterocycles. The van der Waals surface area contributed by atoms with Crippen LogP contribution in [0, 0.1) is 10.8 Å². The molecule has 4 N–H and O–H groups in total. The number of anilines is 1. The molecule has 2 aliphatic carbocycles. The SMILES string of the molecule is N=C1C(N(C2=CC=C(c3ccccc3)C(=N)/C2=N\O)c2ccc(-c3ccc(-n4c5ccccc5c5ccccc54)cc3)c3nonc23)=CC=C/C1=N/O. The molecule has 0 saturated heterocycles. The maximum absolute atomic E-state index is 10.4. The molecule has 0 fully saturated rings. The largest absolute Gasteiger partial charge is 0.410 e. The number of nitrogens with zero attached hydrogens (tertiary/aromatic N) is 6. The Bertz CT molecular complexity index is 2780. The van der Waals surface area contributed by atoms with E-state index in [0.717, 1.165) is 33.4 Å². The zero-order valence-corrected chi connectivity index (χ0v) is 27.8. The fourth-order valence-electron chi connectivity index (χ4n) is 7.16. The highest BCUT2D eigenvalue weighted by atomic mass is 16.6. The molecule has 0 amide bonds. The van der Waals surface area contributed by atoms with E-state index in [1.807, 2.05) is 66.7 Å². The van der Waals surface area contributed by atoms with Crippen LogP contribution in [0.25, 0.3) is 55.2 Å². The molecule has 7 aromatic rings. The van der Waals surface area contributed by atoms with Crippen molar-refractivity contribution in [2.24, 2.45) is 10.3 Å². The Morgan fingerprint density at radius 3 is 2.00 bits per heavy atom. The minimum absolute atomic E-state index is 0.0230. The fraction of sp³-hybridized carbons (Fsp3) is 0. The van der Waals surface area contributed by atoms with Crippen molar-refractivity contribution in [2.75, 3.05) is 4.90 Å². The van der Waals surface area contributed by atoms with Crippen molar-refractivity contribution in [3.05, 3.63) is 163 Å². The highest BCUT2D eigenvalue weighted by Gasteiger charge is 2.33. The summed E-state index contributed by atoms with van der Waals surface area (Å²) in [7, 11) is 0. The summed E-state index contributed by atoms with van der Waals surface area (Å²) >= 11 is 0. The van der Waals surface area contributed by atoms with Gasteiger partial charge in [-0.25, -0.2) is 4.63 Å². The van der Waals surface area contributed by atoms with Crippen LogP contribution in [0.4, 0.5) is 5.69 Å². The number of rotatable bonds is 6. The molecular formula is C42H28N8O3. The first-order chi connectivity index (χ1) is 26.1. The van der Waals surface area contributed by atoms with E-state index in [4.69, 9.17) is 15.4 Å². The summed E-state index contributed by atoms with van der Waals surface area (Å²) in [4.78, 5) is 1.64. The lowest BCUT2D eigenvalue weighted by Gasteiger charge is -2.32. The zero-order valence-electron chi connectivity index (χ0n) is 27.8. The predicted molar refractivity (Wildman–Crippen MR) is 208 cm³/mol. The smallest absolute Gasteiger partial charge is 0.159 e. The van der Waals surface area contributed by atoms with Gasteiger partial charge < -0.3 is 19.9 Å². The normalized spacial score (nSPS) is 16.1. The summed E-state index contributed by atoms with van der Waals surface area (Å²) in [6.07, 6.45) is 8.32. The Hall–Kier alpha value is -7.66. The number of hydrogen-bond donors (Lipinski definition) is 4. The number of nitrogens with one attached hydrogen (secondary N) is 2. The maximum Gasteiger partial charge on any atom is 0.159 e. The molecule has 11 nitrogen and oxygen atoms in total. The van der Waals surface area contributed by atoms with E-state index in [-0.39, 0.29) is 34.2 Å². The van der Waals surface area contributed by atoms with E-state index >= 15 is 0 Å². The lowest BCUT2D eigenvalue weighted by atomic mass is 9.90. The average molecular weight is 693 g/mol. The van der Waals surface area contributed by atoms with Gasteiger partial charge in [0.15, 0.2) is 11.2 Å². The summed E-state index contributed by atoms with van der Waals surface area (Å²) in [5.41, 5.74) is 7.89. The minimum atomic E-state index is -0.105. The van der Waals surface area contributed by atoms with Crippen molar-refractivity contribution < 1.29 is 15.0 Å². The molecule has 0 saturated carbocycles. The van der Waals surface area contributed by atoms with Gasteiger partial charge in [-0.2, -0.15) is 0 Å². The summed E-state index contributed by atoms with van der Waals surface area (Å²) in [6.45, 7) is 0. The second kappa shape index (κ2) is 12.6. The molecule has 11 heteroatoms. The summed E-state index contributed by atoms with van der Waals surface area (Å²) in [5, 5.41) is 56.0. The van der Waals surface area contributed by atoms with E-state index in [1.54, 1.807) is 29.2 Å². The van der Waals surface area contributed by atoms with E-state index in [0.29, 0.717) is 22.3 Å². The van der Waals surface area contributed by atoms with Crippen LogP contribution in [0.5, 0.6) is 0 Å². The monoisotopic (exact) mass is 692 g/mol. The highest BCUT2D eigenvalue weighted by Crippen LogP contribution is 2.39. The van der Waals surface area contributed by atoms with Gasteiger partial charge in [0.05, 0.1) is 33.8 Å². The number of allylic oxidation sites excluding steroid dienone is 8. The average Bonchev–Trinajstić information content (AvgIpc) is 3.83. The molecule has 0 atom stereocenters. The number of fused-ring (bicyclic) bond motifs is 4. The highest BCUT2D eigenvalue weighted by molar-refractivity contribution is 6.63. The van der Waals surface area contributed by atoms with Crippen LogP contribution in [0.3, 0.4) is 0 Å². The number of benzene rings is 5. The molecule has 2 heterocycles. The van der Waals surface area contributed by atoms with Crippen molar-refractivity contribution >= 4 is 66.9 Å². The van der Waals surface area contributed by atoms with Gasteiger partial charge in [-0.05, 0) is 82.1 Å². The Labute approximate surface area is 301 Å². The Morgan fingerprint density at radius 2 is 1.30 bits per heavy atom. The van der Waals surface area contributed by atoms with Gasteiger partial charge in [-0.15, -0.1) is 0 Å². The topological polar surface area (TPSA) is 160 Å². The van der Waals surface area contributed by atoms with E-state index in [2.05, 4.69) is 73.7 Å². The van der Waals surface area contributed by atoms with Crippen molar-refractivity contribution in [2.45, 2.75) is 0 Å². The fourth-order valence-corrected chi connectivity index (χ4v) is 7.16. The van der Waals surface area contributed by atoms with Gasteiger partial charge >= 0.3 is 0 Å². The van der Waals surface area contributed by atoms with Gasteiger partial charge in [0, 0.05) is 27.6 Å². The number of oxime groups is 2. The Kier molecular flexibility index (Phi) is 7.44. The minimum Gasteiger partial charge on any atom is -0.410 e. The van der Waals surface area contributed by atoms with Crippen LogP contribution in [0.1, 0.15) is 5.56 Å². The molecule has 5 aromatic carbocycles. The van der Waals surface area contributed by atoms with Crippen LogP contribution in [0.2, 0.25) is 0 Å². The van der Waals surface area contributed by atoms with Gasteiger partial charge in [0.25, 0.3) is 0 Å². The van der Waals surface area contributed by atoms with Gasteiger partial charge in [-0.1, -0.05) is 95.3 Å². The third-order valence-electron chi connectivity index (χ3n) is 9.60. The summed E-state index contributed by atoms with van der Waals surface area (Å²) in [6, 6.07) is 38.0. The van der Waals surface area contributed by atoms with Gasteiger partial charge in [0.2, 0.25) is 0 Å². The molecule has 53 heavy (non-hydrogen) atoms. The molecule has 0 aliphatic heterocycles. The first-order valence-electron chi connectivity index (χ1n) is 16.7. The molecule has 0 unspecified atom stereocenters. The number of para-hydroxylation sites is 2. The predicted octanol–water partition coefficient (Wildman–Crippen LogP) is 8.93. The lowest BCUT2D eigenvalue weighted by molar-refractivity contribution is 0.315. The molecule has 2 aliphatic rings. The maximum atomic E-state index is 10.4. The van der Waals surface area contributed by atoms with Crippen LogP contribution in [-0.2, 0) is 0 Å².